The molecule has 4 heteroatoms. The highest BCUT2D eigenvalue weighted by molar-refractivity contribution is 8.00. The van der Waals surface area contributed by atoms with Gasteiger partial charge in [-0.05, 0) is 25.7 Å². The van der Waals surface area contributed by atoms with Gasteiger partial charge in [0.05, 0.1) is 12.4 Å². The average Bonchev–Trinajstić information content (AvgIpc) is 2.84. The van der Waals surface area contributed by atoms with Gasteiger partial charge in [-0.25, -0.2) is 0 Å². The van der Waals surface area contributed by atoms with Crippen molar-refractivity contribution in [1.82, 2.24) is 0 Å². The molecule has 0 aromatic heterocycles. The quantitative estimate of drug-likeness (QED) is 0.0638. The Morgan fingerprint density at radius 3 is 1.62 bits per heavy atom. The molecule has 0 aliphatic carbocycles. The van der Waals surface area contributed by atoms with Crippen LogP contribution in [0, 0.1) is 5.92 Å². The van der Waals surface area contributed by atoms with Crippen molar-refractivity contribution in [2.75, 3.05) is 19.0 Å². The molecule has 2 atom stereocenters. The minimum Gasteiger partial charge on any atom is -0.465 e. The Hall–Kier alpha value is -0.220. The van der Waals surface area contributed by atoms with E-state index in [0.717, 1.165) is 25.9 Å². The van der Waals surface area contributed by atoms with Crippen LogP contribution >= 0.6 is 11.8 Å². The summed E-state index contributed by atoms with van der Waals surface area (Å²) in [5.74, 6) is 0.805. The predicted molar refractivity (Wildman–Crippen MR) is 152 cm³/mol. The van der Waals surface area contributed by atoms with Crippen LogP contribution in [-0.4, -0.2) is 30.4 Å². The maximum absolute atomic E-state index is 12.0. The number of ether oxygens (including phenoxy) is 2. The second-order valence-electron chi connectivity index (χ2n) is 10.2. The van der Waals surface area contributed by atoms with E-state index >= 15 is 0 Å². The molecule has 0 aliphatic heterocycles. The van der Waals surface area contributed by atoms with Crippen LogP contribution in [0.5, 0.6) is 0 Å². The zero-order chi connectivity index (χ0) is 25.1. The van der Waals surface area contributed by atoms with Crippen LogP contribution in [0.1, 0.15) is 156 Å². The molecule has 34 heavy (non-hydrogen) atoms. The molecule has 0 bridgehead atoms. The number of esters is 1. The summed E-state index contributed by atoms with van der Waals surface area (Å²) in [5.41, 5.74) is 0.0611. The van der Waals surface area contributed by atoms with Crippen LogP contribution in [-0.2, 0) is 14.3 Å². The third-order valence-electron chi connectivity index (χ3n) is 6.81. The number of carbonyl (C=O) groups is 1. The number of unbranched alkanes of at least 4 members (excludes halogenated alkanes) is 16. The van der Waals surface area contributed by atoms with Crippen LogP contribution in [0.3, 0.4) is 0 Å². The number of thioether (sulfide) groups is 1. The van der Waals surface area contributed by atoms with E-state index in [0.29, 0.717) is 18.3 Å². The van der Waals surface area contributed by atoms with Crippen molar-refractivity contribution in [3.63, 3.8) is 0 Å². The topological polar surface area (TPSA) is 35.5 Å². The lowest BCUT2D eigenvalue weighted by Crippen LogP contribution is -2.17. The predicted octanol–water partition coefficient (Wildman–Crippen LogP) is 10.1. The van der Waals surface area contributed by atoms with Gasteiger partial charge in [0.15, 0.2) is 0 Å². The van der Waals surface area contributed by atoms with Crippen LogP contribution in [0.15, 0.2) is 0 Å². The zero-order valence-electron chi connectivity index (χ0n) is 23.6. The molecular formula is C30H60O3S. The Labute approximate surface area is 218 Å². The summed E-state index contributed by atoms with van der Waals surface area (Å²) >= 11 is 1.55. The van der Waals surface area contributed by atoms with Crippen molar-refractivity contribution in [1.29, 1.82) is 0 Å². The Morgan fingerprint density at radius 1 is 0.676 bits per heavy atom. The van der Waals surface area contributed by atoms with Crippen molar-refractivity contribution in [2.45, 2.75) is 162 Å². The first-order chi connectivity index (χ1) is 16.6. The molecule has 0 aromatic carbocycles. The van der Waals surface area contributed by atoms with Gasteiger partial charge in [-0.2, -0.15) is 0 Å². The summed E-state index contributed by atoms with van der Waals surface area (Å²) in [5, 5.41) is 0. The normalized spacial score (nSPS) is 13.2. The van der Waals surface area contributed by atoms with Crippen molar-refractivity contribution < 1.29 is 14.3 Å². The van der Waals surface area contributed by atoms with Gasteiger partial charge in [-0.3, -0.25) is 4.79 Å². The van der Waals surface area contributed by atoms with Crippen molar-refractivity contribution in [3.8, 4) is 0 Å². The van der Waals surface area contributed by atoms with E-state index in [-0.39, 0.29) is 11.4 Å². The highest BCUT2D eigenvalue weighted by atomic mass is 32.2. The Balaban J connectivity index is 3.35. The van der Waals surface area contributed by atoms with Gasteiger partial charge in [0.1, 0.15) is 5.44 Å². The summed E-state index contributed by atoms with van der Waals surface area (Å²) in [6.45, 7) is 10.1. The summed E-state index contributed by atoms with van der Waals surface area (Å²) < 4.78 is 11.3. The third kappa shape index (κ3) is 24.9. The highest BCUT2D eigenvalue weighted by Crippen LogP contribution is 2.17. The molecule has 3 nitrogen and oxygen atoms in total. The molecule has 0 amide bonds. The molecule has 0 aliphatic rings. The molecular weight excluding hydrogens is 440 g/mol. The standard InChI is InChI=1S/C30H60O3S/c1-5-8-10-11-12-13-14-15-16-17-18-19-20-21-22-23-25-32-28(4)34-27-30(31)33-26-29(7-3)24-9-6-2/h28-29H,5-27H2,1-4H3. The third-order valence-corrected chi connectivity index (χ3v) is 7.82. The van der Waals surface area contributed by atoms with Crippen LogP contribution in [0.2, 0.25) is 0 Å². The van der Waals surface area contributed by atoms with Crippen LogP contribution < -0.4 is 0 Å². The summed E-state index contributed by atoms with van der Waals surface area (Å²) in [7, 11) is 0. The van der Waals surface area contributed by atoms with Gasteiger partial charge in [-0.15, -0.1) is 11.8 Å². The molecule has 0 saturated carbocycles. The van der Waals surface area contributed by atoms with Gasteiger partial charge in [0.2, 0.25) is 0 Å². The summed E-state index contributed by atoms with van der Waals surface area (Å²) in [6, 6.07) is 0. The fourth-order valence-electron chi connectivity index (χ4n) is 4.28. The minimum atomic E-state index is -0.0993. The van der Waals surface area contributed by atoms with Gasteiger partial charge in [0, 0.05) is 6.61 Å². The molecule has 0 aromatic rings. The maximum atomic E-state index is 12.0. The first-order valence-electron chi connectivity index (χ1n) is 15.0. The molecule has 0 N–H and O–H groups in total. The largest absolute Gasteiger partial charge is 0.465 e. The average molecular weight is 501 g/mol. The van der Waals surface area contributed by atoms with Crippen LogP contribution in [0.4, 0.5) is 0 Å². The highest BCUT2D eigenvalue weighted by Gasteiger charge is 2.12. The SMILES string of the molecule is CCCCCCCCCCCCCCCCCCOC(C)SCC(=O)OCC(CC)CCCC. The molecule has 0 radical (unpaired) electrons. The fraction of sp³-hybridized carbons (Fsp3) is 0.967. The van der Waals surface area contributed by atoms with Crippen LogP contribution in [0.25, 0.3) is 0 Å². The first kappa shape index (κ1) is 33.8. The molecule has 0 fully saturated rings. The van der Waals surface area contributed by atoms with E-state index in [1.165, 1.54) is 109 Å². The molecule has 0 saturated heterocycles. The summed E-state index contributed by atoms with van der Waals surface area (Å²) in [6.07, 6.45) is 26.8. The lowest BCUT2D eigenvalue weighted by molar-refractivity contribution is -0.141. The van der Waals surface area contributed by atoms with Gasteiger partial charge < -0.3 is 9.47 Å². The van der Waals surface area contributed by atoms with E-state index < -0.39 is 0 Å². The lowest BCUT2D eigenvalue weighted by Gasteiger charge is -2.15. The number of carbonyl (C=O) groups excluding carboxylic acids is 1. The Bertz CT molecular complexity index is 416. The zero-order valence-corrected chi connectivity index (χ0v) is 24.4. The number of hydrogen-bond acceptors (Lipinski definition) is 4. The second kappa shape index (κ2) is 27.4. The minimum absolute atomic E-state index is 0.0611. The monoisotopic (exact) mass is 500 g/mol. The maximum Gasteiger partial charge on any atom is 0.315 e. The van der Waals surface area contributed by atoms with Gasteiger partial charge >= 0.3 is 5.97 Å². The van der Waals surface area contributed by atoms with E-state index in [9.17, 15) is 4.79 Å². The Morgan fingerprint density at radius 2 is 1.15 bits per heavy atom. The van der Waals surface area contributed by atoms with Crippen molar-refractivity contribution in [3.05, 3.63) is 0 Å². The van der Waals surface area contributed by atoms with E-state index in [2.05, 4.69) is 20.8 Å². The van der Waals surface area contributed by atoms with Crippen molar-refractivity contribution >= 4 is 17.7 Å². The van der Waals surface area contributed by atoms with E-state index in [1.54, 1.807) is 11.8 Å². The molecule has 2 unspecified atom stereocenters. The van der Waals surface area contributed by atoms with E-state index in [4.69, 9.17) is 9.47 Å². The van der Waals surface area contributed by atoms with Gasteiger partial charge in [-0.1, -0.05) is 136 Å². The lowest BCUT2D eigenvalue weighted by atomic mass is 10.0. The van der Waals surface area contributed by atoms with Crippen molar-refractivity contribution in [2.24, 2.45) is 5.92 Å². The Kier molecular flexibility index (Phi) is 27.2. The molecule has 0 heterocycles. The number of rotatable bonds is 27. The summed E-state index contributed by atoms with van der Waals surface area (Å²) in [4.78, 5) is 12.0. The molecule has 204 valence electrons. The smallest absolute Gasteiger partial charge is 0.315 e. The molecule has 0 rings (SSSR count). The second-order valence-corrected chi connectivity index (χ2v) is 11.4. The number of hydrogen-bond donors (Lipinski definition) is 0. The first-order valence-corrected chi connectivity index (χ1v) is 16.1. The molecule has 0 spiro atoms. The van der Waals surface area contributed by atoms with E-state index in [1.807, 2.05) is 6.92 Å². The fourth-order valence-corrected chi connectivity index (χ4v) is 4.93. The van der Waals surface area contributed by atoms with Gasteiger partial charge in [0.25, 0.3) is 0 Å².